The number of rotatable bonds is 6. The average Bonchev–Trinajstić information content (AvgIpc) is 2.44. The molecule has 21 heavy (non-hydrogen) atoms. The van der Waals surface area contributed by atoms with E-state index in [0.29, 0.717) is 19.1 Å². The molecule has 0 saturated carbocycles. The molecule has 0 radical (unpaired) electrons. The number of aromatic nitrogens is 2. The van der Waals surface area contributed by atoms with E-state index in [0.717, 1.165) is 27.8 Å². The van der Waals surface area contributed by atoms with E-state index >= 15 is 0 Å². The molecule has 1 heterocycles. The molecule has 0 saturated heterocycles. The van der Waals surface area contributed by atoms with Crippen LogP contribution in [-0.2, 0) is 4.74 Å². The summed E-state index contributed by atoms with van der Waals surface area (Å²) in [5.74, 6) is 1.31. The summed E-state index contributed by atoms with van der Waals surface area (Å²) in [6, 6.07) is 7.63. The Morgan fingerprint density at radius 1 is 1.24 bits per heavy atom. The van der Waals surface area contributed by atoms with Crippen molar-refractivity contribution in [3.63, 3.8) is 0 Å². The van der Waals surface area contributed by atoms with Crippen LogP contribution in [0.3, 0.4) is 0 Å². The average molecular weight is 307 g/mol. The van der Waals surface area contributed by atoms with Crippen molar-refractivity contribution in [2.75, 3.05) is 30.9 Å². The van der Waals surface area contributed by atoms with E-state index in [1.165, 1.54) is 0 Å². The van der Waals surface area contributed by atoms with Gasteiger partial charge in [0.25, 0.3) is 0 Å². The highest BCUT2D eigenvalue weighted by molar-refractivity contribution is 6.31. The predicted octanol–water partition coefficient (Wildman–Crippen LogP) is 3.55. The Hall–Kier alpha value is -1.85. The highest BCUT2D eigenvalue weighted by Crippen LogP contribution is 2.25. The number of nitrogens with one attached hydrogen (secondary N) is 2. The Bertz CT molecular complexity index is 619. The first-order valence-corrected chi connectivity index (χ1v) is 7.08. The van der Waals surface area contributed by atoms with Crippen LogP contribution in [0.2, 0.25) is 5.02 Å². The summed E-state index contributed by atoms with van der Waals surface area (Å²) in [5, 5.41) is 7.13. The van der Waals surface area contributed by atoms with Crippen molar-refractivity contribution in [3.05, 3.63) is 40.5 Å². The van der Waals surface area contributed by atoms with E-state index in [9.17, 15) is 0 Å². The lowest BCUT2D eigenvalue weighted by molar-refractivity contribution is 0.210. The first-order chi connectivity index (χ1) is 10.1. The molecule has 5 nitrogen and oxygen atoms in total. The standard InChI is InChI=1S/C15H19ClN4O/c1-10-9-14(20-15(18-10)17-7-8-21-3)19-13-6-4-5-12(16)11(13)2/h4-6,9H,7-8H2,1-3H3,(H2,17,18,19,20). The van der Waals surface area contributed by atoms with Gasteiger partial charge >= 0.3 is 0 Å². The van der Waals surface area contributed by atoms with E-state index in [4.69, 9.17) is 16.3 Å². The maximum Gasteiger partial charge on any atom is 0.224 e. The molecule has 2 rings (SSSR count). The number of hydrogen-bond acceptors (Lipinski definition) is 5. The normalized spacial score (nSPS) is 10.5. The quantitative estimate of drug-likeness (QED) is 0.799. The molecule has 1 aromatic carbocycles. The molecule has 6 heteroatoms. The number of methoxy groups -OCH3 is 1. The zero-order valence-electron chi connectivity index (χ0n) is 12.4. The lowest BCUT2D eigenvalue weighted by Crippen LogP contribution is -2.11. The van der Waals surface area contributed by atoms with Crippen molar-refractivity contribution in [1.29, 1.82) is 0 Å². The number of halogens is 1. The van der Waals surface area contributed by atoms with Gasteiger partial charge in [0.1, 0.15) is 5.82 Å². The molecule has 0 fully saturated rings. The van der Waals surface area contributed by atoms with Crippen LogP contribution in [0.25, 0.3) is 0 Å². The first-order valence-electron chi connectivity index (χ1n) is 6.71. The van der Waals surface area contributed by atoms with Gasteiger partial charge in [0, 0.05) is 36.1 Å². The molecular formula is C15H19ClN4O. The number of hydrogen-bond donors (Lipinski definition) is 2. The highest BCUT2D eigenvalue weighted by Gasteiger charge is 2.06. The van der Waals surface area contributed by atoms with Crippen molar-refractivity contribution >= 4 is 29.1 Å². The molecule has 2 aromatic rings. The van der Waals surface area contributed by atoms with E-state index in [-0.39, 0.29) is 0 Å². The molecule has 0 aliphatic heterocycles. The zero-order valence-corrected chi connectivity index (χ0v) is 13.2. The molecule has 0 unspecified atom stereocenters. The van der Waals surface area contributed by atoms with Gasteiger partial charge in [-0.15, -0.1) is 0 Å². The van der Waals surface area contributed by atoms with Crippen LogP contribution in [-0.4, -0.2) is 30.2 Å². The number of nitrogens with zero attached hydrogens (tertiary/aromatic N) is 2. The SMILES string of the molecule is COCCNc1nc(C)cc(Nc2cccc(Cl)c2C)n1. The summed E-state index contributed by atoms with van der Waals surface area (Å²) >= 11 is 6.13. The summed E-state index contributed by atoms with van der Waals surface area (Å²) in [6.07, 6.45) is 0. The Morgan fingerprint density at radius 3 is 2.81 bits per heavy atom. The first kappa shape index (κ1) is 15.5. The Balaban J connectivity index is 2.17. The molecule has 0 spiro atoms. The summed E-state index contributed by atoms with van der Waals surface area (Å²) in [7, 11) is 1.66. The van der Waals surface area contributed by atoms with E-state index in [2.05, 4.69) is 20.6 Å². The van der Waals surface area contributed by atoms with E-state index < -0.39 is 0 Å². The van der Waals surface area contributed by atoms with Crippen LogP contribution in [0.4, 0.5) is 17.5 Å². The topological polar surface area (TPSA) is 59.1 Å². The molecule has 0 bridgehead atoms. The van der Waals surface area contributed by atoms with Gasteiger partial charge < -0.3 is 15.4 Å². The summed E-state index contributed by atoms with van der Waals surface area (Å²) in [4.78, 5) is 8.78. The molecule has 0 aliphatic rings. The summed E-state index contributed by atoms with van der Waals surface area (Å²) in [6.45, 7) is 5.17. The number of benzene rings is 1. The van der Waals surface area contributed by atoms with Gasteiger partial charge in [-0.1, -0.05) is 17.7 Å². The third-order valence-electron chi connectivity index (χ3n) is 2.97. The smallest absolute Gasteiger partial charge is 0.224 e. The fraction of sp³-hybridized carbons (Fsp3) is 0.333. The Labute approximate surface area is 129 Å². The fourth-order valence-corrected chi connectivity index (χ4v) is 2.03. The van der Waals surface area contributed by atoms with Gasteiger partial charge in [0.15, 0.2) is 0 Å². The van der Waals surface area contributed by atoms with Crippen LogP contribution in [0.5, 0.6) is 0 Å². The molecular weight excluding hydrogens is 288 g/mol. The second-order valence-electron chi connectivity index (χ2n) is 4.68. The Kier molecular flexibility index (Phi) is 5.36. The molecule has 1 aromatic heterocycles. The van der Waals surface area contributed by atoms with Crippen LogP contribution < -0.4 is 10.6 Å². The van der Waals surface area contributed by atoms with Crippen LogP contribution in [0.15, 0.2) is 24.3 Å². The second kappa shape index (κ2) is 7.24. The molecule has 0 atom stereocenters. The molecule has 0 aliphatic carbocycles. The monoisotopic (exact) mass is 306 g/mol. The van der Waals surface area contributed by atoms with Crippen molar-refractivity contribution in [2.45, 2.75) is 13.8 Å². The third kappa shape index (κ3) is 4.31. The van der Waals surface area contributed by atoms with Crippen molar-refractivity contribution in [2.24, 2.45) is 0 Å². The van der Waals surface area contributed by atoms with Gasteiger partial charge in [-0.3, -0.25) is 0 Å². The number of anilines is 3. The van der Waals surface area contributed by atoms with Crippen molar-refractivity contribution in [1.82, 2.24) is 9.97 Å². The molecule has 0 amide bonds. The molecule has 2 N–H and O–H groups in total. The minimum Gasteiger partial charge on any atom is -0.383 e. The highest BCUT2D eigenvalue weighted by atomic mass is 35.5. The fourth-order valence-electron chi connectivity index (χ4n) is 1.86. The number of ether oxygens (including phenoxy) is 1. The lowest BCUT2D eigenvalue weighted by Gasteiger charge is -2.12. The van der Waals surface area contributed by atoms with Gasteiger partial charge in [0.05, 0.1) is 6.61 Å². The van der Waals surface area contributed by atoms with Gasteiger partial charge in [-0.05, 0) is 31.5 Å². The second-order valence-corrected chi connectivity index (χ2v) is 5.08. The summed E-state index contributed by atoms with van der Waals surface area (Å²) < 4.78 is 5.00. The van der Waals surface area contributed by atoms with Gasteiger partial charge in [-0.25, -0.2) is 4.98 Å². The van der Waals surface area contributed by atoms with E-state index in [1.54, 1.807) is 7.11 Å². The minimum atomic E-state index is 0.578. The van der Waals surface area contributed by atoms with E-state index in [1.807, 2.05) is 38.1 Å². The van der Waals surface area contributed by atoms with Crippen molar-refractivity contribution < 1.29 is 4.74 Å². The third-order valence-corrected chi connectivity index (χ3v) is 3.38. The van der Waals surface area contributed by atoms with Gasteiger partial charge in [-0.2, -0.15) is 4.98 Å². The lowest BCUT2D eigenvalue weighted by atomic mass is 10.2. The molecule has 112 valence electrons. The minimum absolute atomic E-state index is 0.578. The van der Waals surface area contributed by atoms with Crippen molar-refractivity contribution in [3.8, 4) is 0 Å². The van der Waals surface area contributed by atoms with Crippen LogP contribution in [0.1, 0.15) is 11.3 Å². The Morgan fingerprint density at radius 2 is 2.05 bits per heavy atom. The van der Waals surface area contributed by atoms with Crippen LogP contribution >= 0.6 is 11.6 Å². The maximum absolute atomic E-state index is 6.13. The maximum atomic E-state index is 6.13. The largest absolute Gasteiger partial charge is 0.383 e. The zero-order chi connectivity index (χ0) is 15.2. The number of aryl methyl sites for hydroxylation is 1. The van der Waals surface area contributed by atoms with Crippen LogP contribution in [0, 0.1) is 13.8 Å². The predicted molar refractivity (Wildman–Crippen MR) is 86.6 cm³/mol. The summed E-state index contributed by atoms with van der Waals surface area (Å²) in [5.41, 5.74) is 2.81. The van der Waals surface area contributed by atoms with Gasteiger partial charge in [0.2, 0.25) is 5.95 Å².